The van der Waals surface area contributed by atoms with Gasteiger partial charge in [0.15, 0.2) is 0 Å². The molecule has 0 heterocycles. The number of primary amides is 1. The summed E-state index contributed by atoms with van der Waals surface area (Å²) in [7, 11) is 0. The minimum Gasteiger partial charge on any atom is -0.351 e. The summed E-state index contributed by atoms with van der Waals surface area (Å²) in [5.74, 6) is 1.82. The fourth-order valence-electron chi connectivity index (χ4n) is 1.85. The zero-order valence-corrected chi connectivity index (χ0v) is 9.65. The molecule has 5 heteroatoms. The van der Waals surface area contributed by atoms with Crippen LogP contribution in [0.25, 0.3) is 0 Å². The van der Waals surface area contributed by atoms with E-state index in [1.165, 1.54) is 32.1 Å². The summed E-state index contributed by atoms with van der Waals surface area (Å²) in [6.45, 7) is 0. The van der Waals surface area contributed by atoms with Gasteiger partial charge in [0.25, 0.3) is 0 Å². The fraction of sp³-hybridized carbons (Fsp3) is 0.800. The lowest BCUT2D eigenvalue weighted by molar-refractivity contribution is -0.117. The first kappa shape index (κ1) is 12.4. The number of carbonyl (C=O) groups is 2. The summed E-state index contributed by atoms with van der Waals surface area (Å²) < 4.78 is 0. The van der Waals surface area contributed by atoms with E-state index in [0.717, 1.165) is 11.7 Å². The molecule has 0 bridgehead atoms. The molecule has 0 unspecified atom stereocenters. The monoisotopic (exact) mass is 230 g/mol. The maximum atomic E-state index is 11.1. The van der Waals surface area contributed by atoms with E-state index in [9.17, 15) is 9.59 Å². The number of nitrogens with one attached hydrogen (secondary N) is 1. The highest BCUT2D eigenvalue weighted by molar-refractivity contribution is 7.99. The predicted octanol–water partition coefficient (Wildman–Crippen LogP) is 1.49. The minimum atomic E-state index is -0.765. The van der Waals surface area contributed by atoms with Gasteiger partial charge in [-0.3, -0.25) is 10.1 Å². The molecule has 1 aliphatic rings. The second-order valence-corrected chi connectivity index (χ2v) is 4.96. The van der Waals surface area contributed by atoms with Gasteiger partial charge in [0.2, 0.25) is 5.91 Å². The molecule has 4 nitrogen and oxygen atoms in total. The SMILES string of the molecule is NC(=O)NC(=O)CSCC1CCCCC1. The summed E-state index contributed by atoms with van der Waals surface area (Å²) in [6.07, 6.45) is 6.55. The molecule has 0 spiro atoms. The predicted molar refractivity (Wildman–Crippen MR) is 61.6 cm³/mol. The number of hydrogen-bond donors (Lipinski definition) is 2. The number of nitrogens with two attached hydrogens (primary N) is 1. The molecule has 0 aromatic carbocycles. The lowest BCUT2D eigenvalue weighted by atomic mass is 9.91. The summed E-state index contributed by atoms with van der Waals surface area (Å²) in [5.41, 5.74) is 4.83. The average molecular weight is 230 g/mol. The first-order valence-electron chi connectivity index (χ1n) is 5.35. The number of urea groups is 1. The van der Waals surface area contributed by atoms with Crippen LogP contribution in [0.3, 0.4) is 0 Å². The van der Waals surface area contributed by atoms with Gasteiger partial charge in [0.1, 0.15) is 0 Å². The molecule has 1 aliphatic carbocycles. The van der Waals surface area contributed by atoms with E-state index in [1.54, 1.807) is 11.8 Å². The highest BCUT2D eigenvalue weighted by Gasteiger charge is 2.14. The van der Waals surface area contributed by atoms with Crippen molar-refractivity contribution < 1.29 is 9.59 Å². The smallest absolute Gasteiger partial charge is 0.318 e. The molecule has 86 valence electrons. The van der Waals surface area contributed by atoms with Crippen LogP contribution in [-0.4, -0.2) is 23.4 Å². The van der Waals surface area contributed by atoms with Gasteiger partial charge >= 0.3 is 6.03 Å². The topological polar surface area (TPSA) is 72.2 Å². The van der Waals surface area contributed by atoms with Crippen molar-refractivity contribution in [3.8, 4) is 0 Å². The number of amides is 3. The highest BCUT2D eigenvalue weighted by atomic mass is 32.2. The molecule has 0 atom stereocenters. The summed E-state index contributed by atoms with van der Waals surface area (Å²) in [4.78, 5) is 21.4. The van der Waals surface area contributed by atoms with Crippen LogP contribution in [0.1, 0.15) is 32.1 Å². The lowest BCUT2D eigenvalue weighted by Gasteiger charge is -2.20. The zero-order valence-electron chi connectivity index (χ0n) is 8.83. The molecule has 1 saturated carbocycles. The van der Waals surface area contributed by atoms with E-state index in [4.69, 9.17) is 5.73 Å². The molecule has 3 N–H and O–H groups in total. The Morgan fingerprint density at radius 2 is 1.93 bits per heavy atom. The van der Waals surface area contributed by atoms with Crippen LogP contribution in [0.4, 0.5) is 4.79 Å². The second kappa shape index (κ2) is 6.71. The molecule has 0 aliphatic heterocycles. The van der Waals surface area contributed by atoms with Crippen LogP contribution in [0, 0.1) is 5.92 Å². The van der Waals surface area contributed by atoms with Crippen molar-refractivity contribution in [2.24, 2.45) is 11.7 Å². The standard InChI is InChI=1S/C10H18N2O2S/c11-10(14)12-9(13)7-15-6-8-4-2-1-3-5-8/h8H,1-7H2,(H3,11,12,13,14). The minimum absolute atomic E-state index is 0.289. The van der Waals surface area contributed by atoms with Gasteiger partial charge in [-0.2, -0.15) is 11.8 Å². The maximum Gasteiger partial charge on any atom is 0.318 e. The summed E-state index contributed by atoms with van der Waals surface area (Å²) in [5, 5.41) is 2.06. The van der Waals surface area contributed by atoms with Crippen molar-refractivity contribution in [3.05, 3.63) is 0 Å². The van der Waals surface area contributed by atoms with Gasteiger partial charge in [-0.25, -0.2) is 4.79 Å². The van der Waals surface area contributed by atoms with Crippen LogP contribution in [0.15, 0.2) is 0 Å². The Balaban J connectivity index is 2.04. The van der Waals surface area contributed by atoms with E-state index >= 15 is 0 Å². The van der Waals surface area contributed by atoms with E-state index in [1.807, 2.05) is 0 Å². The third-order valence-electron chi connectivity index (χ3n) is 2.57. The van der Waals surface area contributed by atoms with Crippen molar-refractivity contribution in [2.45, 2.75) is 32.1 Å². The van der Waals surface area contributed by atoms with Gasteiger partial charge in [-0.1, -0.05) is 19.3 Å². The normalized spacial score (nSPS) is 17.3. The van der Waals surface area contributed by atoms with Crippen LogP contribution in [0.5, 0.6) is 0 Å². The van der Waals surface area contributed by atoms with Crippen LogP contribution in [0.2, 0.25) is 0 Å². The highest BCUT2D eigenvalue weighted by Crippen LogP contribution is 2.26. The number of thioether (sulfide) groups is 1. The summed E-state index contributed by atoms with van der Waals surface area (Å²) in [6, 6.07) is -0.765. The number of imide groups is 1. The van der Waals surface area contributed by atoms with Gasteiger partial charge < -0.3 is 5.73 Å². The average Bonchev–Trinajstić information content (AvgIpc) is 2.18. The Hall–Kier alpha value is -0.710. The van der Waals surface area contributed by atoms with Crippen molar-refractivity contribution >= 4 is 23.7 Å². The van der Waals surface area contributed by atoms with Crippen molar-refractivity contribution in [1.29, 1.82) is 0 Å². The van der Waals surface area contributed by atoms with Gasteiger partial charge in [0.05, 0.1) is 5.75 Å². The second-order valence-electron chi connectivity index (χ2n) is 3.93. The Bertz CT molecular complexity index is 227. The van der Waals surface area contributed by atoms with E-state index < -0.39 is 6.03 Å². The number of carbonyl (C=O) groups excluding carboxylic acids is 2. The first-order valence-corrected chi connectivity index (χ1v) is 6.51. The molecular weight excluding hydrogens is 212 g/mol. The van der Waals surface area contributed by atoms with E-state index in [2.05, 4.69) is 5.32 Å². The van der Waals surface area contributed by atoms with E-state index in [-0.39, 0.29) is 5.91 Å². The third-order valence-corrected chi connectivity index (χ3v) is 3.75. The Morgan fingerprint density at radius 1 is 1.27 bits per heavy atom. The Labute approximate surface area is 94.4 Å². The van der Waals surface area contributed by atoms with Gasteiger partial charge in [-0.15, -0.1) is 0 Å². The molecular formula is C10H18N2O2S. The van der Waals surface area contributed by atoms with Gasteiger partial charge in [0, 0.05) is 0 Å². The third kappa shape index (κ3) is 5.67. The van der Waals surface area contributed by atoms with Crippen LogP contribution in [-0.2, 0) is 4.79 Å². The van der Waals surface area contributed by atoms with Crippen molar-refractivity contribution in [1.82, 2.24) is 5.32 Å². The van der Waals surface area contributed by atoms with Gasteiger partial charge in [-0.05, 0) is 24.5 Å². The number of rotatable bonds is 4. The van der Waals surface area contributed by atoms with Crippen molar-refractivity contribution in [2.75, 3.05) is 11.5 Å². The lowest BCUT2D eigenvalue weighted by Crippen LogP contribution is -2.36. The molecule has 0 radical (unpaired) electrons. The first-order chi connectivity index (χ1) is 7.18. The molecule has 0 saturated heterocycles. The summed E-state index contributed by atoms with van der Waals surface area (Å²) >= 11 is 1.59. The van der Waals surface area contributed by atoms with Crippen LogP contribution >= 0.6 is 11.8 Å². The Kier molecular flexibility index (Phi) is 5.53. The Morgan fingerprint density at radius 3 is 2.53 bits per heavy atom. The molecule has 1 fully saturated rings. The zero-order chi connectivity index (χ0) is 11.1. The fourth-order valence-corrected chi connectivity index (χ4v) is 2.89. The maximum absolute atomic E-state index is 11.1. The molecule has 15 heavy (non-hydrogen) atoms. The van der Waals surface area contributed by atoms with Crippen molar-refractivity contribution in [3.63, 3.8) is 0 Å². The molecule has 0 aromatic rings. The van der Waals surface area contributed by atoms with E-state index in [0.29, 0.717) is 5.75 Å². The quantitative estimate of drug-likeness (QED) is 0.768. The molecule has 0 aromatic heterocycles. The van der Waals surface area contributed by atoms with Crippen LogP contribution < -0.4 is 11.1 Å². The molecule has 1 rings (SSSR count). The molecule has 3 amide bonds. The largest absolute Gasteiger partial charge is 0.351 e. The number of hydrogen-bond acceptors (Lipinski definition) is 3.